The number of aliphatic hydroxyl groups excluding tert-OH is 1. The number of alkyl halides is 3. The Morgan fingerprint density at radius 2 is 1.59 bits per heavy atom. The minimum absolute atomic E-state index is 0.240. The van der Waals surface area contributed by atoms with Crippen LogP contribution < -0.4 is 5.56 Å². The molecule has 174 valence electrons. The molecule has 0 amide bonds. The summed E-state index contributed by atoms with van der Waals surface area (Å²) < 4.78 is 64.1. The summed E-state index contributed by atoms with van der Waals surface area (Å²) in [5, 5.41) is 9.45. The van der Waals surface area contributed by atoms with Crippen LogP contribution in [0.25, 0.3) is 0 Å². The number of pyridine rings is 1. The molecule has 0 aliphatic heterocycles. The molecular weight excluding hydrogens is 443 g/mol. The zero-order valence-electron chi connectivity index (χ0n) is 17.4. The number of nitrogens with one attached hydrogen (secondary N) is 1. The van der Waals surface area contributed by atoms with E-state index in [1.807, 2.05) is 0 Å². The third-order valence-corrected chi connectivity index (χ3v) is 8.85. The molecule has 1 atom stereocenters. The zero-order chi connectivity index (χ0) is 23.1. The molecule has 2 N–H and O–H groups in total. The van der Waals surface area contributed by atoms with Crippen molar-refractivity contribution in [1.29, 1.82) is 0 Å². The summed E-state index contributed by atoms with van der Waals surface area (Å²) in [5.41, 5.74) is -1.33. The first kappa shape index (κ1) is 23.0. The van der Waals surface area contributed by atoms with Crippen LogP contribution in [-0.4, -0.2) is 29.9 Å². The molecule has 0 radical (unpaired) electrons. The normalized spacial score (nSPS) is 23.1. The van der Waals surface area contributed by atoms with E-state index in [0.29, 0.717) is 37.8 Å². The average Bonchev–Trinajstić information content (AvgIpc) is 3.58. The molecule has 2 fully saturated rings. The van der Waals surface area contributed by atoms with E-state index in [2.05, 4.69) is 4.98 Å². The molecule has 2 saturated carbocycles. The van der Waals surface area contributed by atoms with Crippen LogP contribution in [0, 0.1) is 5.92 Å². The number of benzene rings is 1. The Labute approximate surface area is 184 Å². The van der Waals surface area contributed by atoms with Gasteiger partial charge in [-0.2, -0.15) is 13.2 Å². The Bertz CT molecular complexity index is 1110. The van der Waals surface area contributed by atoms with Crippen LogP contribution in [0.1, 0.15) is 67.7 Å². The predicted molar refractivity (Wildman–Crippen MR) is 113 cm³/mol. The van der Waals surface area contributed by atoms with Crippen LogP contribution in [0.3, 0.4) is 0 Å². The van der Waals surface area contributed by atoms with Gasteiger partial charge in [0, 0.05) is 11.6 Å². The van der Waals surface area contributed by atoms with Crippen molar-refractivity contribution >= 4 is 9.84 Å². The van der Waals surface area contributed by atoms with Crippen molar-refractivity contribution in [2.45, 2.75) is 73.3 Å². The Morgan fingerprint density at radius 3 is 2.12 bits per heavy atom. The second-order valence-corrected chi connectivity index (χ2v) is 11.2. The third-order valence-electron chi connectivity index (χ3n) is 6.57. The molecule has 1 heterocycles. The Kier molecular flexibility index (Phi) is 6.24. The second-order valence-electron chi connectivity index (χ2n) is 8.93. The number of aliphatic hydroxyl groups is 1. The highest BCUT2D eigenvalue weighted by Gasteiger charge is 2.37. The summed E-state index contributed by atoms with van der Waals surface area (Å²) in [7, 11) is -3.35. The minimum atomic E-state index is -4.74. The van der Waals surface area contributed by atoms with E-state index in [-0.39, 0.29) is 28.1 Å². The van der Waals surface area contributed by atoms with Crippen LogP contribution >= 0.6 is 0 Å². The van der Waals surface area contributed by atoms with E-state index >= 15 is 0 Å². The van der Waals surface area contributed by atoms with Gasteiger partial charge in [0.2, 0.25) is 0 Å². The maximum atomic E-state index is 13.0. The lowest BCUT2D eigenvalue weighted by Crippen LogP contribution is -2.24. The number of hydrogen-bond acceptors (Lipinski definition) is 4. The Morgan fingerprint density at radius 1 is 0.969 bits per heavy atom. The van der Waals surface area contributed by atoms with Gasteiger partial charge in [-0.1, -0.05) is 12.1 Å². The van der Waals surface area contributed by atoms with Gasteiger partial charge in [0.15, 0.2) is 9.84 Å². The van der Waals surface area contributed by atoms with Crippen molar-refractivity contribution in [3.63, 3.8) is 0 Å². The summed E-state index contributed by atoms with van der Waals surface area (Å²) in [4.78, 5) is 14.8. The quantitative estimate of drug-likeness (QED) is 0.657. The molecule has 2 aliphatic carbocycles. The molecule has 2 aliphatic rings. The lowest BCUT2D eigenvalue weighted by atomic mass is 9.78. The lowest BCUT2D eigenvalue weighted by molar-refractivity contribution is -0.138. The fourth-order valence-electron chi connectivity index (χ4n) is 4.53. The summed E-state index contributed by atoms with van der Waals surface area (Å²) in [6.45, 7) is 0. The monoisotopic (exact) mass is 469 g/mol. The number of rotatable bonds is 6. The van der Waals surface area contributed by atoms with Crippen LogP contribution in [0.5, 0.6) is 0 Å². The van der Waals surface area contributed by atoms with Gasteiger partial charge in [-0.3, -0.25) is 4.79 Å². The van der Waals surface area contributed by atoms with Gasteiger partial charge in [-0.15, -0.1) is 0 Å². The smallest absolute Gasteiger partial charge is 0.393 e. The summed E-state index contributed by atoms with van der Waals surface area (Å²) in [6, 6.07) is 8.56. The molecule has 4 rings (SSSR count). The molecule has 9 heteroatoms. The van der Waals surface area contributed by atoms with Crippen LogP contribution in [0.4, 0.5) is 13.2 Å². The van der Waals surface area contributed by atoms with Gasteiger partial charge in [0.25, 0.3) is 5.56 Å². The minimum Gasteiger partial charge on any atom is -0.393 e. The standard InChI is InChI=1S/C23H26F3NO4S/c24-23(25,26)20-11-12-21(27-22(20)29)19(13-14-1-5-16(28)6-2-14)15-3-7-17(8-4-15)32(30,31)18-9-10-18/h3-4,7-8,11-12,14,16,18-19,28H,1-2,5-6,9-10,13H2,(H,27,29)/t14-,16-,19?. The molecule has 1 aromatic carbocycles. The molecule has 2 aromatic rings. The molecule has 5 nitrogen and oxygen atoms in total. The fourth-order valence-corrected chi connectivity index (χ4v) is 6.19. The molecular formula is C23H26F3NO4S. The number of aromatic amines is 1. The molecule has 32 heavy (non-hydrogen) atoms. The number of sulfone groups is 1. The van der Waals surface area contributed by atoms with Crippen LogP contribution in [-0.2, 0) is 16.0 Å². The van der Waals surface area contributed by atoms with E-state index in [9.17, 15) is 31.5 Å². The Balaban J connectivity index is 1.66. The first-order chi connectivity index (χ1) is 15.1. The van der Waals surface area contributed by atoms with Crippen molar-refractivity contribution in [1.82, 2.24) is 4.98 Å². The largest absolute Gasteiger partial charge is 0.421 e. The zero-order valence-corrected chi connectivity index (χ0v) is 18.3. The van der Waals surface area contributed by atoms with Crippen molar-refractivity contribution in [3.05, 3.63) is 63.6 Å². The highest BCUT2D eigenvalue weighted by molar-refractivity contribution is 7.92. The summed E-state index contributed by atoms with van der Waals surface area (Å²) >= 11 is 0. The van der Waals surface area contributed by atoms with E-state index in [4.69, 9.17) is 0 Å². The second kappa shape index (κ2) is 8.67. The van der Waals surface area contributed by atoms with E-state index in [1.54, 1.807) is 24.3 Å². The third kappa shape index (κ3) is 4.93. The van der Waals surface area contributed by atoms with Crippen molar-refractivity contribution in [2.24, 2.45) is 5.92 Å². The number of hydrogen-bond donors (Lipinski definition) is 2. The molecule has 0 saturated heterocycles. The van der Waals surface area contributed by atoms with Gasteiger partial charge in [0.05, 0.1) is 16.2 Å². The van der Waals surface area contributed by atoms with Crippen molar-refractivity contribution in [3.8, 4) is 0 Å². The van der Waals surface area contributed by atoms with E-state index < -0.39 is 27.1 Å². The lowest BCUT2D eigenvalue weighted by Gasteiger charge is -2.29. The van der Waals surface area contributed by atoms with E-state index in [1.165, 1.54) is 6.07 Å². The average molecular weight is 470 g/mol. The number of H-pyrrole nitrogens is 1. The highest BCUT2D eigenvalue weighted by Crippen LogP contribution is 2.38. The first-order valence-corrected chi connectivity index (χ1v) is 12.4. The van der Waals surface area contributed by atoms with Crippen molar-refractivity contribution in [2.75, 3.05) is 0 Å². The topological polar surface area (TPSA) is 87.2 Å². The fraction of sp³-hybridized carbons (Fsp3) is 0.522. The Hall–Kier alpha value is -2.13. The van der Waals surface area contributed by atoms with E-state index in [0.717, 1.165) is 24.5 Å². The van der Waals surface area contributed by atoms with Gasteiger partial charge < -0.3 is 10.1 Å². The van der Waals surface area contributed by atoms with Crippen LogP contribution in [0.2, 0.25) is 0 Å². The van der Waals surface area contributed by atoms with Crippen molar-refractivity contribution < 1.29 is 26.7 Å². The van der Waals surface area contributed by atoms with Gasteiger partial charge in [-0.05, 0) is 80.7 Å². The maximum Gasteiger partial charge on any atom is 0.421 e. The maximum absolute atomic E-state index is 13.0. The van der Waals surface area contributed by atoms with Crippen LogP contribution in [0.15, 0.2) is 46.1 Å². The first-order valence-electron chi connectivity index (χ1n) is 10.9. The molecule has 1 unspecified atom stereocenters. The van der Waals surface area contributed by atoms with Gasteiger partial charge >= 0.3 is 6.18 Å². The SMILES string of the molecule is O=c1[nH]c(C(C[C@H]2CC[C@H](O)CC2)c2ccc(S(=O)(=O)C3CC3)cc2)ccc1C(F)(F)F. The molecule has 0 bridgehead atoms. The summed E-state index contributed by atoms with van der Waals surface area (Å²) in [5.74, 6) is -0.146. The predicted octanol–water partition coefficient (Wildman–Crippen LogP) is 4.40. The molecule has 0 spiro atoms. The summed E-state index contributed by atoms with van der Waals surface area (Å²) in [6.07, 6.45) is -0.253. The highest BCUT2D eigenvalue weighted by atomic mass is 32.2. The molecule has 1 aromatic heterocycles. The number of halogens is 3. The number of aromatic nitrogens is 1. The van der Waals surface area contributed by atoms with Gasteiger partial charge in [-0.25, -0.2) is 8.42 Å². The van der Waals surface area contributed by atoms with Gasteiger partial charge in [0.1, 0.15) is 5.56 Å².